The second-order valence-electron chi connectivity index (χ2n) is 4.77. The Hall–Kier alpha value is -1.81. The molecule has 1 N–H and O–H groups in total. The molecule has 0 radical (unpaired) electrons. The van der Waals surface area contributed by atoms with Gasteiger partial charge in [-0.25, -0.2) is 0 Å². The lowest BCUT2D eigenvalue weighted by atomic mass is 9.97. The van der Waals surface area contributed by atoms with E-state index in [-0.39, 0.29) is 6.04 Å². The van der Waals surface area contributed by atoms with E-state index in [1.807, 2.05) is 31.0 Å². The predicted molar refractivity (Wildman–Crippen MR) is 76.6 cm³/mol. The van der Waals surface area contributed by atoms with Crippen LogP contribution in [0.4, 0.5) is 0 Å². The number of benzene rings is 1. The van der Waals surface area contributed by atoms with E-state index in [1.54, 1.807) is 7.11 Å². The van der Waals surface area contributed by atoms with Crippen molar-refractivity contribution in [2.45, 2.75) is 19.9 Å². The van der Waals surface area contributed by atoms with E-state index in [9.17, 15) is 0 Å². The average Bonchev–Trinajstić information content (AvgIpc) is 2.81. The molecule has 4 nitrogen and oxygen atoms in total. The Morgan fingerprint density at radius 2 is 2.00 bits per heavy atom. The van der Waals surface area contributed by atoms with Crippen LogP contribution >= 0.6 is 0 Å². The molecule has 0 bridgehead atoms. The number of methoxy groups -OCH3 is 1. The van der Waals surface area contributed by atoms with Crippen LogP contribution in [0.15, 0.2) is 24.4 Å². The van der Waals surface area contributed by atoms with Gasteiger partial charge in [0.05, 0.1) is 18.8 Å². The van der Waals surface area contributed by atoms with E-state index in [4.69, 9.17) is 4.74 Å². The second-order valence-corrected chi connectivity index (χ2v) is 4.77. The first kappa shape index (κ1) is 13.6. The lowest BCUT2D eigenvalue weighted by Crippen LogP contribution is -2.19. The number of hydrogen-bond donors (Lipinski definition) is 1. The van der Waals surface area contributed by atoms with Crippen LogP contribution < -0.4 is 10.1 Å². The highest BCUT2D eigenvalue weighted by Gasteiger charge is 2.20. The maximum Gasteiger partial charge on any atom is 0.127 e. The summed E-state index contributed by atoms with van der Waals surface area (Å²) in [5, 5.41) is 7.80. The van der Waals surface area contributed by atoms with Crippen LogP contribution in [0.1, 0.15) is 28.4 Å². The van der Waals surface area contributed by atoms with E-state index in [1.165, 1.54) is 11.1 Å². The third-order valence-electron chi connectivity index (χ3n) is 3.54. The Morgan fingerprint density at radius 3 is 2.53 bits per heavy atom. The summed E-state index contributed by atoms with van der Waals surface area (Å²) >= 11 is 0. The summed E-state index contributed by atoms with van der Waals surface area (Å²) in [6, 6.07) is 6.29. The fourth-order valence-corrected chi connectivity index (χ4v) is 2.36. The van der Waals surface area contributed by atoms with Crippen molar-refractivity contribution in [3.8, 4) is 5.75 Å². The Balaban J connectivity index is 2.52. The Labute approximate surface area is 114 Å². The Bertz CT molecular complexity index is 575. The maximum absolute atomic E-state index is 5.59. The summed E-state index contributed by atoms with van der Waals surface area (Å²) in [6.07, 6.45) is 1.95. The molecule has 1 unspecified atom stereocenters. The molecule has 2 aromatic rings. The summed E-state index contributed by atoms with van der Waals surface area (Å²) < 4.78 is 7.41. The molecule has 19 heavy (non-hydrogen) atoms. The molecule has 1 aromatic carbocycles. The molecular formula is C15H21N3O. The van der Waals surface area contributed by atoms with Crippen LogP contribution in [0, 0.1) is 13.8 Å². The average molecular weight is 259 g/mol. The summed E-state index contributed by atoms with van der Waals surface area (Å²) in [4.78, 5) is 0. The third kappa shape index (κ3) is 2.49. The van der Waals surface area contributed by atoms with E-state index in [2.05, 4.69) is 36.4 Å². The van der Waals surface area contributed by atoms with Gasteiger partial charge >= 0.3 is 0 Å². The van der Waals surface area contributed by atoms with Crippen LogP contribution in [0.25, 0.3) is 0 Å². The van der Waals surface area contributed by atoms with Gasteiger partial charge in [0.2, 0.25) is 0 Å². The summed E-state index contributed by atoms with van der Waals surface area (Å²) in [5.41, 5.74) is 4.52. The molecule has 4 heteroatoms. The summed E-state index contributed by atoms with van der Waals surface area (Å²) in [5.74, 6) is 0.935. The largest absolute Gasteiger partial charge is 0.496 e. The van der Waals surface area contributed by atoms with Crippen molar-refractivity contribution < 1.29 is 4.74 Å². The number of nitrogens with zero attached hydrogens (tertiary/aromatic N) is 2. The molecule has 0 aliphatic heterocycles. The van der Waals surface area contributed by atoms with Gasteiger partial charge in [0.25, 0.3) is 0 Å². The number of hydrogen-bond acceptors (Lipinski definition) is 3. The normalized spacial score (nSPS) is 12.5. The van der Waals surface area contributed by atoms with Crippen molar-refractivity contribution in [2.75, 3.05) is 14.2 Å². The highest BCUT2D eigenvalue weighted by atomic mass is 16.5. The third-order valence-corrected chi connectivity index (χ3v) is 3.54. The maximum atomic E-state index is 5.59. The molecule has 0 saturated heterocycles. The fourth-order valence-electron chi connectivity index (χ4n) is 2.36. The van der Waals surface area contributed by atoms with Crippen molar-refractivity contribution >= 4 is 0 Å². The van der Waals surface area contributed by atoms with E-state index >= 15 is 0 Å². The molecule has 0 amide bonds. The standard InChI is InChI=1S/C15H21N3O/c1-10-6-7-12(15(19-5)11(10)2)14(16-3)13-8-9-18(4)17-13/h6-9,14,16H,1-5H3. The number of ether oxygens (including phenoxy) is 1. The number of nitrogens with one attached hydrogen (secondary N) is 1. The van der Waals surface area contributed by atoms with Crippen LogP contribution in [-0.2, 0) is 7.05 Å². The first-order valence-electron chi connectivity index (χ1n) is 6.39. The number of rotatable bonds is 4. The molecule has 0 saturated carbocycles. The highest BCUT2D eigenvalue weighted by molar-refractivity contribution is 5.48. The smallest absolute Gasteiger partial charge is 0.127 e. The monoisotopic (exact) mass is 259 g/mol. The zero-order chi connectivity index (χ0) is 14.0. The van der Waals surface area contributed by atoms with Crippen LogP contribution in [0.5, 0.6) is 5.75 Å². The summed E-state index contributed by atoms with van der Waals surface area (Å²) in [6.45, 7) is 4.18. The van der Waals surface area contributed by atoms with Gasteiger partial charge in [-0.3, -0.25) is 4.68 Å². The van der Waals surface area contributed by atoms with Crippen LogP contribution in [0.3, 0.4) is 0 Å². The zero-order valence-electron chi connectivity index (χ0n) is 12.2. The van der Waals surface area contributed by atoms with Crippen molar-refractivity contribution in [1.29, 1.82) is 0 Å². The molecule has 2 rings (SSSR count). The van der Waals surface area contributed by atoms with Gasteiger partial charge in [0.15, 0.2) is 0 Å². The predicted octanol–water partition coefficient (Wildman–Crippen LogP) is 2.35. The Kier molecular flexibility index (Phi) is 3.90. The van der Waals surface area contributed by atoms with Gasteiger partial charge < -0.3 is 10.1 Å². The SMILES string of the molecule is CNC(c1ccn(C)n1)c1ccc(C)c(C)c1OC. The minimum absolute atomic E-state index is 0.0375. The second kappa shape index (κ2) is 5.45. The van der Waals surface area contributed by atoms with Gasteiger partial charge in [-0.05, 0) is 38.1 Å². The number of aromatic nitrogens is 2. The van der Waals surface area contributed by atoms with Gasteiger partial charge in [0.1, 0.15) is 5.75 Å². The van der Waals surface area contributed by atoms with Crippen LogP contribution in [0.2, 0.25) is 0 Å². The molecule has 102 valence electrons. The van der Waals surface area contributed by atoms with Gasteiger partial charge in [-0.2, -0.15) is 5.10 Å². The fraction of sp³-hybridized carbons (Fsp3) is 0.400. The van der Waals surface area contributed by atoms with Crippen molar-refractivity contribution in [3.05, 3.63) is 46.8 Å². The molecule has 1 atom stereocenters. The first-order valence-corrected chi connectivity index (χ1v) is 6.39. The molecule has 1 heterocycles. The minimum atomic E-state index is 0.0375. The van der Waals surface area contributed by atoms with Gasteiger partial charge in [0, 0.05) is 18.8 Å². The van der Waals surface area contributed by atoms with E-state index in [0.29, 0.717) is 0 Å². The molecule has 1 aromatic heterocycles. The van der Waals surface area contributed by atoms with E-state index in [0.717, 1.165) is 17.0 Å². The van der Waals surface area contributed by atoms with Crippen molar-refractivity contribution in [1.82, 2.24) is 15.1 Å². The zero-order valence-corrected chi connectivity index (χ0v) is 12.2. The molecule has 0 aliphatic carbocycles. The molecular weight excluding hydrogens is 238 g/mol. The lowest BCUT2D eigenvalue weighted by molar-refractivity contribution is 0.401. The van der Waals surface area contributed by atoms with Crippen molar-refractivity contribution in [2.24, 2.45) is 7.05 Å². The first-order chi connectivity index (χ1) is 9.08. The van der Waals surface area contributed by atoms with Gasteiger partial charge in [-0.1, -0.05) is 12.1 Å². The van der Waals surface area contributed by atoms with Crippen molar-refractivity contribution in [3.63, 3.8) is 0 Å². The quantitative estimate of drug-likeness (QED) is 0.916. The number of aryl methyl sites for hydroxylation is 2. The van der Waals surface area contributed by atoms with Crippen LogP contribution in [-0.4, -0.2) is 23.9 Å². The molecule has 0 spiro atoms. The Morgan fingerprint density at radius 1 is 1.26 bits per heavy atom. The van der Waals surface area contributed by atoms with Gasteiger partial charge in [-0.15, -0.1) is 0 Å². The topological polar surface area (TPSA) is 39.1 Å². The molecule has 0 aliphatic rings. The summed E-state index contributed by atoms with van der Waals surface area (Å²) in [7, 11) is 5.58. The highest BCUT2D eigenvalue weighted by Crippen LogP contribution is 2.33. The van der Waals surface area contributed by atoms with E-state index < -0.39 is 0 Å². The lowest BCUT2D eigenvalue weighted by Gasteiger charge is -2.20. The minimum Gasteiger partial charge on any atom is -0.496 e. The molecule has 0 fully saturated rings.